The first-order chi connectivity index (χ1) is 4.93. The Morgan fingerprint density at radius 1 is 1.50 bits per heavy atom. The monoisotopic (exact) mass is 155 g/mol. The average Bonchev–Trinajstić information content (AvgIpc) is 2.03. The standard InChI is InChI=1S/C8H13NS/c9-6-7-10-8-4-2-1-3-5-8/h2,4-5H,1,3,6-7,9H2. The van der Waals surface area contributed by atoms with Crippen LogP contribution in [-0.2, 0) is 0 Å². The Morgan fingerprint density at radius 3 is 3.00 bits per heavy atom. The highest BCUT2D eigenvalue weighted by Gasteiger charge is 1.95. The fourth-order valence-electron chi connectivity index (χ4n) is 0.873. The van der Waals surface area contributed by atoms with E-state index in [1.807, 2.05) is 11.8 Å². The number of hydrogen-bond acceptors (Lipinski definition) is 2. The average molecular weight is 155 g/mol. The SMILES string of the molecule is NCCSC1=CCCC=C1. The molecule has 10 heavy (non-hydrogen) atoms. The summed E-state index contributed by atoms with van der Waals surface area (Å²) in [7, 11) is 0. The Bertz CT molecular complexity index is 149. The second-order valence-corrected chi connectivity index (χ2v) is 3.39. The molecule has 0 unspecified atom stereocenters. The predicted molar refractivity (Wildman–Crippen MR) is 48.0 cm³/mol. The summed E-state index contributed by atoms with van der Waals surface area (Å²) in [6.07, 6.45) is 9.08. The van der Waals surface area contributed by atoms with Crippen LogP contribution in [0.4, 0.5) is 0 Å². The fourth-order valence-corrected chi connectivity index (χ4v) is 1.65. The first-order valence-electron chi connectivity index (χ1n) is 3.63. The van der Waals surface area contributed by atoms with Crippen molar-refractivity contribution < 1.29 is 0 Å². The highest BCUT2D eigenvalue weighted by molar-refractivity contribution is 8.03. The molecule has 1 aliphatic rings. The summed E-state index contributed by atoms with van der Waals surface area (Å²) in [5.74, 6) is 1.04. The van der Waals surface area contributed by atoms with Gasteiger partial charge in [-0.1, -0.05) is 18.2 Å². The molecule has 0 saturated heterocycles. The van der Waals surface area contributed by atoms with Gasteiger partial charge in [0.25, 0.3) is 0 Å². The zero-order valence-electron chi connectivity index (χ0n) is 6.05. The van der Waals surface area contributed by atoms with Crippen LogP contribution in [0.2, 0.25) is 0 Å². The molecule has 0 radical (unpaired) electrons. The van der Waals surface area contributed by atoms with Crippen LogP contribution in [0.3, 0.4) is 0 Å². The van der Waals surface area contributed by atoms with E-state index in [9.17, 15) is 0 Å². The molecule has 0 aliphatic heterocycles. The van der Waals surface area contributed by atoms with Gasteiger partial charge in [0, 0.05) is 17.2 Å². The lowest BCUT2D eigenvalue weighted by molar-refractivity contribution is 1.03. The summed E-state index contributed by atoms with van der Waals surface area (Å²) in [6.45, 7) is 0.774. The molecule has 1 aliphatic carbocycles. The lowest BCUT2D eigenvalue weighted by Crippen LogP contribution is -2.01. The predicted octanol–water partition coefficient (Wildman–Crippen LogP) is 1.91. The highest BCUT2D eigenvalue weighted by Crippen LogP contribution is 2.20. The van der Waals surface area contributed by atoms with Crippen molar-refractivity contribution in [2.45, 2.75) is 12.8 Å². The van der Waals surface area contributed by atoms with Crippen molar-refractivity contribution in [3.63, 3.8) is 0 Å². The summed E-state index contributed by atoms with van der Waals surface area (Å²) in [5.41, 5.74) is 5.37. The largest absolute Gasteiger partial charge is 0.330 e. The molecule has 0 atom stereocenters. The van der Waals surface area contributed by atoms with Gasteiger partial charge in [-0.05, 0) is 12.8 Å². The minimum Gasteiger partial charge on any atom is -0.330 e. The lowest BCUT2D eigenvalue weighted by atomic mass is 10.2. The van der Waals surface area contributed by atoms with E-state index in [1.54, 1.807) is 0 Å². The molecule has 1 nitrogen and oxygen atoms in total. The van der Waals surface area contributed by atoms with Gasteiger partial charge >= 0.3 is 0 Å². The van der Waals surface area contributed by atoms with E-state index in [1.165, 1.54) is 17.7 Å². The topological polar surface area (TPSA) is 26.0 Å². The maximum absolute atomic E-state index is 5.37. The first-order valence-corrected chi connectivity index (χ1v) is 4.61. The number of thioether (sulfide) groups is 1. The number of hydrogen-bond donors (Lipinski definition) is 1. The normalized spacial score (nSPS) is 17.1. The van der Waals surface area contributed by atoms with Crippen molar-refractivity contribution in [2.24, 2.45) is 5.73 Å². The third-order valence-electron chi connectivity index (χ3n) is 1.35. The Kier molecular flexibility index (Phi) is 3.62. The second-order valence-electron chi connectivity index (χ2n) is 2.22. The molecule has 0 amide bonds. The molecule has 0 aromatic carbocycles. The fraction of sp³-hybridized carbons (Fsp3) is 0.500. The summed E-state index contributed by atoms with van der Waals surface area (Å²) in [5, 5.41) is 0. The summed E-state index contributed by atoms with van der Waals surface area (Å²) in [6, 6.07) is 0. The number of nitrogens with two attached hydrogens (primary N) is 1. The van der Waals surface area contributed by atoms with Crippen LogP contribution < -0.4 is 5.73 Å². The molecule has 2 N–H and O–H groups in total. The Morgan fingerprint density at radius 2 is 2.40 bits per heavy atom. The van der Waals surface area contributed by atoms with Gasteiger partial charge < -0.3 is 5.73 Å². The van der Waals surface area contributed by atoms with E-state index >= 15 is 0 Å². The van der Waals surface area contributed by atoms with Crippen LogP contribution in [0.1, 0.15) is 12.8 Å². The summed E-state index contributed by atoms with van der Waals surface area (Å²) < 4.78 is 0. The first kappa shape index (κ1) is 7.89. The van der Waals surface area contributed by atoms with Crippen molar-refractivity contribution in [3.8, 4) is 0 Å². The van der Waals surface area contributed by atoms with Crippen LogP contribution in [0.25, 0.3) is 0 Å². The van der Waals surface area contributed by atoms with Gasteiger partial charge in [-0.3, -0.25) is 0 Å². The van der Waals surface area contributed by atoms with Crippen molar-refractivity contribution >= 4 is 11.8 Å². The highest BCUT2D eigenvalue weighted by atomic mass is 32.2. The van der Waals surface area contributed by atoms with E-state index < -0.39 is 0 Å². The molecule has 0 bridgehead atoms. The second kappa shape index (κ2) is 4.58. The van der Waals surface area contributed by atoms with Crippen LogP contribution >= 0.6 is 11.8 Å². The van der Waals surface area contributed by atoms with Gasteiger partial charge in [-0.15, -0.1) is 11.8 Å². The van der Waals surface area contributed by atoms with Crippen LogP contribution in [0.5, 0.6) is 0 Å². The van der Waals surface area contributed by atoms with E-state index in [4.69, 9.17) is 5.73 Å². The Hall–Kier alpha value is -0.210. The van der Waals surface area contributed by atoms with Gasteiger partial charge in [0.15, 0.2) is 0 Å². The molecule has 56 valence electrons. The van der Waals surface area contributed by atoms with Gasteiger partial charge in [-0.2, -0.15) is 0 Å². The van der Waals surface area contributed by atoms with Gasteiger partial charge in [-0.25, -0.2) is 0 Å². The third-order valence-corrected chi connectivity index (χ3v) is 2.42. The quantitative estimate of drug-likeness (QED) is 0.673. The van der Waals surface area contributed by atoms with E-state index in [0.717, 1.165) is 12.3 Å². The Balaban J connectivity index is 2.26. The third kappa shape index (κ3) is 2.58. The molecular weight excluding hydrogens is 142 g/mol. The van der Waals surface area contributed by atoms with Crippen LogP contribution in [0.15, 0.2) is 23.1 Å². The van der Waals surface area contributed by atoms with Crippen LogP contribution in [0, 0.1) is 0 Å². The summed E-state index contributed by atoms with van der Waals surface area (Å²) in [4.78, 5) is 1.39. The van der Waals surface area contributed by atoms with Crippen molar-refractivity contribution in [3.05, 3.63) is 23.1 Å². The van der Waals surface area contributed by atoms with E-state index in [0.29, 0.717) is 0 Å². The molecule has 0 spiro atoms. The number of rotatable bonds is 3. The minimum absolute atomic E-state index is 0.774. The number of allylic oxidation sites excluding steroid dienone is 3. The molecule has 0 heterocycles. The molecule has 0 aromatic rings. The zero-order valence-corrected chi connectivity index (χ0v) is 6.86. The lowest BCUT2D eigenvalue weighted by Gasteiger charge is -2.04. The van der Waals surface area contributed by atoms with Gasteiger partial charge in [0.05, 0.1) is 0 Å². The van der Waals surface area contributed by atoms with Gasteiger partial charge in [0.1, 0.15) is 0 Å². The van der Waals surface area contributed by atoms with Crippen molar-refractivity contribution in [1.82, 2.24) is 0 Å². The molecular formula is C8H13NS. The van der Waals surface area contributed by atoms with E-state index in [2.05, 4.69) is 18.2 Å². The molecule has 0 saturated carbocycles. The molecule has 1 rings (SSSR count). The Labute approximate surface area is 66.4 Å². The molecule has 0 fully saturated rings. The van der Waals surface area contributed by atoms with E-state index in [-0.39, 0.29) is 0 Å². The minimum atomic E-state index is 0.774. The molecule has 0 aromatic heterocycles. The van der Waals surface area contributed by atoms with Crippen molar-refractivity contribution in [2.75, 3.05) is 12.3 Å². The van der Waals surface area contributed by atoms with Crippen LogP contribution in [-0.4, -0.2) is 12.3 Å². The smallest absolute Gasteiger partial charge is 0.0103 e. The van der Waals surface area contributed by atoms with Crippen molar-refractivity contribution in [1.29, 1.82) is 0 Å². The zero-order chi connectivity index (χ0) is 7.23. The van der Waals surface area contributed by atoms with Gasteiger partial charge in [0.2, 0.25) is 0 Å². The molecule has 2 heteroatoms. The summed E-state index contributed by atoms with van der Waals surface area (Å²) >= 11 is 1.85. The maximum atomic E-state index is 5.37. The maximum Gasteiger partial charge on any atom is 0.0103 e.